The number of aryl methyl sites for hydroxylation is 1. The van der Waals surface area contributed by atoms with Gasteiger partial charge in [0.2, 0.25) is 0 Å². The highest BCUT2D eigenvalue weighted by molar-refractivity contribution is 5.01. The number of halogens is 3. The van der Waals surface area contributed by atoms with Crippen molar-refractivity contribution >= 4 is 0 Å². The van der Waals surface area contributed by atoms with Crippen molar-refractivity contribution in [1.82, 2.24) is 15.0 Å². The van der Waals surface area contributed by atoms with E-state index < -0.39 is 18.6 Å². The third-order valence-corrected chi connectivity index (χ3v) is 1.91. The van der Waals surface area contributed by atoms with Crippen molar-refractivity contribution < 1.29 is 13.2 Å². The highest BCUT2D eigenvalue weighted by Gasteiger charge is 2.32. The summed E-state index contributed by atoms with van der Waals surface area (Å²) in [6.45, 7) is 2.43. The van der Waals surface area contributed by atoms with E-state index in [1.54, 1.807) is 0 Å². The largest absolute Gasteiger partial charge is 0.390 e. The van der Waals surface area contributed by atoms with E-state index in [0.29, 0.717) is 12.2 Å². The second-order valence-corrected chi connectivity index (χ2v) is 3.31. The van der Waals surface area contributed by atoms with Crippen LogP contribution >= 0.6 is 0 Å². The summed E-state index contributed by atoms with van der Waals surface area (Å²) in [6, 6.07) is -1.09. The van der Waals surface area contributed by atoms with E-state index in [1.807, 2.05) is 6.92 Å². The van der Waals surface area contributed by atoms with Crippen molar-refractivity contribution in [3.63, 3.8) is 0 Å². The molecule has 2 N–H and O–H groups in total. The molecule has 1 heterocycles. The van der Waals surface area contributed by atoms with E-state index in [4.69, 9.17) is 5.73 Å². The zero-order valence-corrected chi connectivity index (χ0v) is 8.33. The number of nitrogens with two attached hydrogens (primary N) is 1. The molecule has 0 radical (unpaired) electrons. The van der Waals surface area contributed by atoms with Gasteiger partial charge in [-0.3, -0.25) is 0 Å². The highest BCUT2D eigenvalue weighted by atomic mass is 19.4. The van der Waals surface area contributed by atoms with Gasteiger partial charge >= 0.3 is 6.18 Å². The van der Waals surface area contributed by atoms with Crippen LogP contribution in [0.15, 0.2) is 6.20 Å². The maximum atomic E-state index is 12.1. The molecule has 1 rings (SSSR count). The molecule has 0 bridgehead atoms. The quantitative estimate of drug-likeness (QED) is 0.842. The Labute approximate surface area is 85.3 Å². The molecule has 0 aliphatic carbocycles. The van der Waals surface area contributed by atoms with Crippen LogP contribution in [-0.4, -0.2) is 21.2 Å². The Morgan fingerprint density at radius 1 is 1.53 bits per heavy atom. The van der Waals surface area contributed by atoms with Crippen LogP contribution in [0, 0.1) is 0 Å². The number of hydrogen-bond donors (Lipinski definition) is 1. The monoisotopic (exact) mass is 222 g/mol. The van der Waals surface area contributed by atoms with Crippen molar-refractivity contribution in [1.29, 1.82) is 0 Å². The summed E-state index contributed by atoms with van der Waals surface area (Å²) in [7, 11) is 0. The number of hydrogen-bond acceptors (Lipinski definition) is 3. The molecule has 15 heavy (non-hydrogen) atoms. The van der Waals surface area contributed by atoms with Gasteiger partial charge in [0.05, 0.1) is 24.4 Å². The van der Waals surface area contributed by atoms with Crippen molar-refractivity contribution in [2.45, 2.75) is 38.5 Å². The lowest BCUT2D eigenvalue weighted by molar-refractivity contribution is -0.138. The van der Waals surface area contributed by atoms with Crippen LogP contribution in [0.3, 0.4) is 0 Å². The average molecular weight is 222 g/mol. The zero-order valence-electron chi connectivity index (χ0n) is 8.33. The van der Waals surface area contributed by atoms with Gasteiger partial charge in [-0.1, -0.05) is 12.1 Å². The lowest BCUT2D eigenvalue weighted by atomic mass is 10.1. The van der Waals surface area contributed by atoms with Crippen LogP contribution in [0.5, 0.6) is 0 Å². The van der Waals surface area contributed by atoms with Crippen LogP contribution in [0.2, 0.25) is 0 Å². The van der Waals surface area contributed by atoms with E-state index in [2.05, 4.69) is 10.3 Å². The van der Waals surface area contributed by atoms with Gasteiger partial charge in [-0.2, -0.15) is 13.2 Å². The Balaban J connectivity index is 2.72. The van der Waals surface area contributed by atoms with Gasteiger partial charge in [-0.05, 0) is 6.42 Å². The molecule has 0 saturated heterocycles. The molecule has 0 aromatic carbocycles. The lowest BCUT2D eigenvalue weighted by Gasteiger charge is -2.14. The molecule has 4 nitrogen and oxygen atoms in total. The van der Waals surface area contributed by atoms with Gasteiger partial charge in [0, 0.05) is 6.54 Å². The Morgan fingerprint density at radius 3 is 2.73 bits per heavy atom. The zero-order chi connectivity index (χ0) is 11.5. The molecule has 0 spiro atoms. The molecule has 1 unspecified atom stereocenters. The Hall–Kier alpha value is -1.11. The molecule has 1 aromatic heterocycles. The first kappa shape index (κ1) is 12.0. The summed E-state index contributed by atoms with van der Waals surface area (Å²) >= 11 is 0. The molecule has 1 aromatic rings. The third-order valence-electron chi connectivity index (χ3n) is 1.91. The normalized spacial score (nSPS) is 14.2. The van der Waals surface area contributed by atoms with Crippen molar-refractivity contribution in [3.05, 3.63) is 11.9 Å². The second-order valence-electron chi connectivity index (χ2n) is 3.31. The third kappa shape index (κ3) is 3.50. The molecule has 86 valence electrons. The van der Waals surface area contributed by atoms with Crippen LogP contribution in [0.25, 0.3) is 0 Å². The van der Waals surface area contributed by atoms with Crippen LogP contribution in [0.1, 0.15) is 31.5 Å². The number of aromatic nitrogens is 3. The summed E-state index contributed by atoms with van der Waals surface area (Å²) in [5.74, 6) is 0. The van der Waals surface area contributed by atoms with E-state index >= 15 is 0 Å². The minimum absolute atomic E-state index is 0.328. The van der Waals surface area contributed by atoms with Gasteiger partial charge in [0.15, 0.2) is 0 Å². The molecule has 0 saturated carbocycles. The number of alkyl halides is 3. The van der Waals surface area contributed by atoms with Crippen molar-refractivity contribution in [3.8, 4) is 0 Å². The van der Waals surface area contributed by atoms with Gasteiger partial charge in [-0.25, -0.2) is 4.68 Å². The van der Waals surface area contributed by atoms with E-state index in [-0.39, 0.29) is 0 Å². The molecule has 0 fully saturated rings. The van der Waals surface area contributed by atoms with Gasteiger partial charge in [0.1, 0.15) is 0 Å². The van der Waals surface area contributed by atoms with Gasteiger partial charge in [-0.15, -0.1) is 5.10 Å². The molecule has 0 amide bonds. The first-order valence-corrected chi connectivity index (χ1v) is 4.64. The maximum Gasteiger partial charge on any atom is 0.390 e. The predicted molar refractivity (Wildman–Crippen MR) is 47.9 cm³/mol. The Morgan fingerprint density at radius 2 is 2.20 bits per heavy atom. The number of rotatable bonds is 4. The lowest BCUT2D eigenvalue weighted by Crippen LogP contribution is -2.23. The standard InChI is InChI=1S/C8H13F3N4/c1-2-3-15-7(5-13-14-15)6(12)4-8(9,10)11/h5-6H,2-4,12H2,1H3. The Bertz CT molecular complexity index is 307. The molecule has 7 heteroatoms. The van der Waals surface area contributed by atoms with Crippen LogP contribution < -0.4 is 5.73 Å². The summed E-state index contributed by atoms with van der Waals surface area (Å²) in [4.78, 5) is 0. The first-order chi connectivity index (χ1) is 6.94. The summed E-state index contributed by atoms with van der Waals surface area (Å²) in [6.07, 6.45) is -3.26. The summed E-state index contributed by atoms with van der Waals surface area (Å²) in [5.41, 5.74) is 5.76. The van der Waals surface area contributed by atoms with Crippen molar-refractivity contribution in [2.24, 2.45) is 5.73 Å². The van der Waals surface area contributed by atoms with Crippen LogP contribution in [0.4, 0.5) is 13.2 Å². The van der Waals surface area contributed by atoms with E-state index in [9.17, 15) is 13.2 Å². The summed E-state index contributed by atoms with van der Waals surface area (Å²) < 4.78 is 37.7. The number of nitrogens with zero attached hydrogens (tertiary/aromatic N) is 3. The van der Waals surface area contributed by atoms with Crippen molar-refractivity contribution in [2.75, 3.05) is 0 Å². The minimum atomic E-state index is -4.26. The summed E-state index contributed by atoms with van der Waals surface area (Å²) in [5, 5.41) is 7.23. The molecule has 0 aliphatic heterocycles. The Kier molecular flexibility index (Phi) is 3.67. The SMILES string of the molecule is CCCn1nncc1C(N)CC(F)(F)F. The van der Waals surface area contributed by atoms with E-state index in [1.165, 1.54) is 10.9 Å². The van der Waals surface area contributed by atoms with Crippen LogP contribution in [-0.2, 0) is 6.54 Å². The molecule has 0 aliphatic rings. The highest BCUT2D eigenvalue weighted by Crippen LogP contribution is 2.27. The second kappa shape index (κ2) is 4.61. The minimum Gasteiger partial charge on any atom is -0.322 e. The van der Waals surface area contributed by atoms with Gasteiger partial charge < -0.3 is 5.73 Å². The smallest absolute Gasteiger partial charge is 0.322 e. The maximum absolute atomic E-state index is 12.1. The predicted octanol–water partition coefficient (Wildman–Crippen LogP) is 1.64. The molecular formula is C8H13F3N4. The first-order valence-electron chi connectivity index (χ1n) is 4.64. The molecular weight excluding hydrogens is 209 g/mol. The fraction of sp³-hybridized carbons (Fsp3) is 0.750. The fourth-order valence-corrected chi connectivity index (χ4v) is 1.29. The van der Waals surface area contributed by atoms with E-state index in [0.717, 1.165) is 6.42 Å². The topological polar surface area (TPSA) is 56.7 Å². The van der Waals surface area contributed by atoms with Gasteiger partial charge in [0.25, 0.3) is 0 Å². The molecule has 1 atom stereocenters. The average Bonchev–Trinajstić information content (AvgIpc) is 2.49. The fourth-order valence-electron chi connectivity index (χ4n) is 1.29.